The largest absolute Gasteiger partial charge is 0.486 e. The highest BCUT2D eigenvalue weighted by molar-refractivity contribution is 5.95. The lowest BCUT2D eigenvalue weighted by molar-refractivity contribution is -0.135. The summed E-state index contributed by atoms with van der Waals surface area (Å²) in [6.45, 7) is 3.16. The van der Waals surface area contributed by atoms with E-state index < -0.39 is 0 Å². The van der Waals surface area contributed by atoms with Crippen molar-refractivity contribution in [3.63, 3.8) is 0 Å². The van der Waals surface area contributed by atoms with Crippen molar-refractivity contribution in [1.82, 2.24) is 4.90 Å². The number of fused-ring (bicyclic) bond motifs is 1. The van der Waals surface area contributed by atoms with Gasteiger partial charge in [0.15, 0.2) is 11.5 Å². The fourth-order valence-corrected chi connectivity index (χ4v) is 3.66. The van der Waals surface area contributed by atoms with Crippen LogP contribution in [-0.2, 0) is 9.59 Å². The van der Waals surface area contributed by atoms with Crippen LogP contribution < -0.4 is 14.8 Å². The van der Waals surface area contributed by atoms with Gasteiger partial charge >= 0.3 is 0 Å². The molecule has 1 aliphatic heterocycles. The van der Waals surface area contributed by atoms with E-state index in [1.54, 1.807) is 36.4 Å². The summed E-state index contributed by atoms with van der Waals surface area (Å²) >= 11 is 0. The zero-order valence-electron chi connectivity index (χ0n) is 16.2. The van der Waals surface area contributed by atoms with Crippen LogP contribution in [0.1, 0.15) is 24.8 Å². The number of rotatable bonds is 6. The number of benzene rings is 2. The van der Waals surface area contributed by atoms with Crippen molar-refractivity contribution in [2.75, 3.05) is 31.6 Å². The van der Waals surface area contributed by atoms with Crippen LogP contribution in [0.2, 0.25) is 0 Å². The second-order valence-corrected chi connectivity index (χ2v) is 7.23. The number of nitrogens with zero attached hydrogens (tertiary/aromatic N) is 1. The molecule has 2 aromatic rings. The molecular formula is C22H23FN2O4. The van der Waals surface area contributed by atoms with Crippen LogP contribution in [0.15, 0.2) is 42.5 Å². The van der Waals surface area contributed by atoms with Crippen LogP contribution in [0.5, 0.6) is 11.5 Å². The molecule has 2 atom stereocenters. The summed E-state index contributed by atoms with van der Waals surface area (Å²) < 4.78 is 25.0. The molecule has 1 fully saturated rings. The third kappa shape index (κ3) is 4.18. The quantitative estimate of drug-likeness (QED) is 0.812. The fraction of sp³-hybridized carbons (Fsp3) is 0.364. The third-order valence-corrected chi connectivity index (χ3v) is 5.27. The van der Waals surface area contributed by atoms with Gasteiger partial charge in [0.05, 0.1) is 6.54 Å². The van der Waals surface area contributed by atoms with E-state index in [1.807, 2.05) is 6.92 Å². The number of nitrogens with one attached hydrogen (secondary N) is 1. The van der Waals surface area contributed by atoms with Crippen molar-refractivity contribution >= 4 is 17.5 Å². The Balaban J connectivity index is 1.36. The molecule has 152 valence electrons. The Hall–Kier alpha value is -3.09. The van der Waals surface area contributed by atoms with Crippen LogP contribution in [0.4, 0.5) is 10.1 Å². The molecule has 0 aromatic heterocycles. The molecule has 2 amide bonds. The lowest BCUT2D eigenvalue weighted by Crippen LogP contribution is -2.39. The highest BCUT2D eigenvalue weighted by Gasteiger charge is 2.46. The molecule has 29 heavy (non-hydrogen) atoms. The monoisotopic (exact) mass is 398 g/mol. The molecular weight excluding hydrogens is 375 g/mol. The van der Waals surface area contributed by atoms with E-state index in [1.165, 1.54) is 11.0 Å². The molecule has 0 saturated heterocycles. The number of halogens is 1. The zero-order chi connectivity index (χ0) is 20.4. The third-order valence-electron chi connectivity index (χ3n) is 5.27. The number of amides is 2. The van der Waals surface area contributed by atoms with Gasteiger partial charge < -0.3 is 19.7 Å². The summed E-state index contributed by atoms with van der Waals surface area (Å²) in [5.41, 5.74) is 1.15. The highest BCUT2D eigenvalue weighted by Crippen LogP contribution is 2.49. The van der Waals surface area contributed by atoms with Gasteiger partial charge in [-0.25, -0.2) is 4.39 Å². The predicted molar refractivity (Wildman–Crippen MR) is 106 cm³/mol. The fourth-order valence-electron chi connectivity index (χ4n) is 3.66. The zero-order valence-corrected chi connectivity index (χ0v) is 16.2. The average Bonchev–Trinajstić information content (AvgIpc) is 3.52. The Morgan fingerprint density at radius 2 is 1.90 bits per heavy atom. The molecule has 6 nitrogen and oxygen atoms in total. The van der Waals surface area contributed by atoms with Crippen molar-refractivity contribution < 1.29 is 23.5 Å². The van der Waals surface area contributed by atoms with E-state index in [0.29, 0.717) is 48.9 Å². The minimum atomic E-state index is -0.292. The van der Waals surface area contributed by atoms with Crippen molar-refractivity contribution in [2.24, 2.45) is 5.92 Å². The minimum Gasteiger partial charge on any atom is -0.486 e. The molecule has 1 aliphatic carbocycles. The summed E-state index contributed by atoms with van der Waals surface area (Å²) in [6, 6.07) is 11.7. The van der Waals surface area contributed by atoms with Gasteiger partial charge in [-0.2, -0.15) is 0 Å². The topological polar surface area (TPSA) is 67.9 Å². The van der Waals surface area contributed by atoms with E-state index >= 15 is 0 Å². The normalized spacial score (nSPS) is 19.4. The first-order valence-electron chi connectivity index (χ1n) is 9.79. The summed E-state index contributed by atoms with van der Waals surface area (Å²) in [5.74, 6) is 0.161. The first kappa shape index (κ1) is 19.2. The smallest absolute Gasteiger partial charge is 0.243 e. The number of hydrogen-bond donors (Lipinski definition) is 1. The lowest BCUT2D eigenvalue weighted by atomic mass is 10.1. The Bertz CT molecular complexity index is 933. The Morgan fingerprint density at radius 3 is 2.66 bits per heavy atom. The van der Waals surface area contributed by atoms with Gasteiger partial charge in [0.1, 0.15) is 19.0 Å². The SMILES string of the molecule is CCN(CC(=O)Nc1ccc2c(c1)OCCO2)C(=O)C1CC1c1ccccc1F. The second-order valence-electron chi connectivity index (χ2n) is 7.23. The molecule has 7 heteroatoms. The summed E-state index contributed by atoms with van der Waals surface area (Å²) in [6.07, 6.45) is 0.611. The van der Waals surface area contributed by atoms with Crippen molar-refractivity contribution in [3.8, 4) is 11.5 Å². The molecule has 2 aliphatic rings. The number of ether oxygens (including phenoxy) is 2. The van der Waals surface area contributed by atoms with Gasteiger partial charge in [0, 0.05) is 24.2 Å². The standard InChI is InChI=1S/C22H23FN2O4/c1-2-25(22(27)17-12-16(17)15-5-3-4-6-18(15)23)13-21(26)24-14-7-8-19-20(11-14)29-10-9-28-19/h3-8,11,16-17H,2,9-10,12-13H2,1H3,(H,24,26). The molecule has 1 N–H and O–H groups in total. The lowest BCUT2D eigenvalue weighted by Gasteiger charge is -2.21. The van der Waals surface area contributed by atoms with Crippen molar-refractivity contribution in [2.45, 2.75) is 19.3 Å². The maximum atomic E-state index is 14.0. The Labute approximate surface area is 168 Å². The van der Waals surface area contributed by atoms with Crippen LogP contribution in [0, 0.1) is 11.7 Å². The first-order valence-corrected chi connectivity index (χ1v) is 9.79. The van der Waals surface area contributed by atoms with Crippen LogP contribution >= 0.6 is 0 Å². The van der Waals surface area contributed by atoms with Gasteiger partial charge in [-0.05, 0) is 43.0 Å². The highest BCUT2D eigenvalue weighted by atomic mass is 19.1. The molecule has 0 radical (unpaired) electrons. The second kappa shape index (κ2) is 8.11. The van der Waals surface area contributed by atoms with Crippen LogP contribution in [-0.4, -0.2) is 43.0 Å². The van der Waals surface area contributed by atoms with E-state index in [9.17, 15) is 14.0 Å². The first-order chi connectivity index (χ1) is 14.1. The minimum absolute atomic E-state index is 0.0513. The molecule has 2 aromatic carbocycles. The number of carbonyl (C=O) groups excluding carboxylic acids is 2. The van der Waals surface area contributed by atoms with Gasteiger partial charge in [0.25, 0.3) is 0 Å². The number of likely N-dealkylation sites (N-methyl/N-ethyl adjacent to an activating group) is 1. The Morgan fingerprint density at radius 1 is 1.14 bits per heavy atom. The summed E-state index contributed by atoms with van der Waals surface area (Å²) in [4.78, 5) is 26.8. The van der Waals surface area contributed by atoms with Gasteiger partial charge in [-0.15, -0.1) is 0 Å². The van der Waals surface area contributed by atoms with E-state index in [-0.39, 0.29) is 36.0 Å². The van der Waals surface area contributed by atoms with Crippen molar-refractivity contribution in [3.05, 3.63) is 53.8 Å². The van der Waals surface area contributed by atoms with E-state index in [2.05, 4.69) is 5.32 Å². The molecule has 1 saturated carbocycles. The predicted octanol–water partition coefficient (Wildman–Crippen LogP) is 3.19. The van der Waals surface area contributed by atoms with E-state index in [4.69, 9.17) is 9.47 Å². The molecule has 2 unspecified atom stereocenters. The van der Waals surface area contributed by atoms with Gasteiger partial charge in [-0.1, -0.05) is 18.2 Å². The maximum absolute atomic E-state index is 14.0. The van der Waals surface area contributed by atoms with Gasteiger partial charge in [0.2, 0.25) is 11.8 Å². The van der Waals surface area contributed by atoms with E-state index in [0.717, 1.165) is 0 Å². The molecule has 0 spiro atoms. The maximum Gasteiger partial charge on any atom is 0.243 e. The van der Waals surface area contributed by atoms with Crippen LogP contribution in [0.3, 0.4) is 0 Å². The number of anilines is 1. The summed E-state index contributed by atoms with van der Waals surface area (Å²) in [5, 5.41) is 2.79. The van der Waals surface area contributed by atoms with Crippen molar-refractivity contribution in [1.29, 1.82) is 0 Å². The summed E-state index contributed by atoms with van der Waals surface area (Å²) in [7, 11) is 0. The van der Waals surface area contributed by atoms with Crippen LogP contribution in [0.25, 0.3) is 0 Å². The number of hydrogen-bond acceptors (Lipinski definition) is 4. The molecule has 0 bridgehead atoms. The average molecular weight is 398 g/mol. The Kier molecular flexibility index (Phi) is 5.38. The number of carbonyl (C=O) groups is 2. The molecule has 4 rings (SSSR count). The van der Waals surface area contributed by atoms with Gasteiger partial charge in [-0.3, -0.25) is 9.59 Å². The molecule has 1 heterocycles.